The molecule has 3 heterocycles. The molecule has 0 saturated carbocycles. The standard InChI is InChI=1S/C22H25N3O4/c1-23-20(27)18-9-15(26)11-25(18)22(21(23)28)12-24(13-22)10-14-7-8-19(29-2)17-6-4-3-5-16(14)17/h3-8,15,18,26H,9-13H2,1-2H3. The third-order valence-electron chi connectivity index (χ3n) is 6.71. The van der Waals surface area contributed by atoms with Crippen LogP contribution in [0.25, 0.3) is 10.8 Å². The fraction of sp³-hybridized carbons (Fsp3) is 0.455. The number of aliphatic hydroxyl groups excluding tert-OH is 1. The van der Waals surface area contributed by atoms with E-state index in [0.29, 0.717) is 26.1 Å². The SMILES string of the molecule is COc1ccc(CN2CC3(C2)C(=O)N(C)C(=O)C2CC(O)CN23)c2ccccc12. The molecule has 3 saturated heterocycles. The number of ether oxygens (including phenoxy) is 1. The van der Waals surface area contributed by atoms with Crippen molar-refractivity contribution in [1.82, 2.24) is 14.7 Å². The van der Waals surface area contributed by atoms with E-state index in [1.807, 2.05) is 23.1 Å². The largest absolute Gasteiger partial charge is 0.496 e. The van der Waals surface area contributed by atoms with Gasteiger partial charge in [-0.2, -0.15) is 0 Å². The van der Waals surface area contributed by atoms with Gasteiger partial charge in [-0.15, -0.1) is 0 Å². The molecule has 2 unspecified atom stereocenters. The Kier molecular flexibility index (Phi) is 4.17. The van der Waals surface area contributed by atoms with Gasteiger partial charge in [0.25, 0.3) is 5.91 Å². The first-order valence-corrected chi connectivity index (χ1v) is 9.98. The molecule has 0 aliphatic carbocycles. The highest BCUT2D eigenvalue weighted by molar-refractivity contribution is 6.05. The number of aliphatic hydroxyl groups is 1. The van der Waals surface area contributed by atoms with Crippen molar-refractivity contribution in [1.29, 1.82) is 0 Å². The zero-order chi connectivity index (χ0) is 20.3. The Morgan fingerprint density at radius 1 is 1.14 bits per heavy atom. The van der Waals surface area contributed by atoms with Gasteiger partial charge in [-0.3, -0.25) is 24.3 Å². The van der Waals surface area contributed by atoms with Crippen LogP contribution in [-0.4, -0.2) is 83.1 Å². The average molecular weight is 395 g/mol. The van der Waals surface area contributed by atoms with Gasteiger partial charge in [0, 0.05) is 38.6 Å². The molecule has 7 nitrogen and oxygen atoms in total. The van der Waals surface area contributed by atoms with Crippen LogP contribution in [0, 0.1) is 0 Å². The number of imide groups is 1. The molecule has 0 bridgehead atoms. The van der Waals surface area contributed by atoms with E-state index in [1.165, 1.54) is 10.5 Å². The molecule has 1 N–H and O–H groups in total. The highest BCUT2D eigenvalue weighted by Gasteiger charge is 2.63. The number of benzene rings is 2. The molecule has 2 aromatic carbocycles. The first-order valence-electron chi connectivity index (χ1n) is 9.98. The Morgan fingerprint density at radius 3 is 2.59 bits per heavy atom. The van der Waals surface area contributed by atoms with E-state index >= 15 is 0 Å². The quantitative estimate of drug-likeness (QED) is 0.777. The Hall–Kier alpha value is -2.48. The van der Waals surface area contributed by atoms with Crippen LogP contribution in [0.2, 0.25) is 0 Å². The lowest BCUT2D eigenvalue weighted by atomic mass is 9.82. The zero-order valence-corrected chi connectivity index (χ0v) is 16.7. The van der Waals surface area contributed by atoms with Crippen molar-refractivity contribution in [3.05, 3.63) is 42.0 Å². The van der Waals surface area contributed by atoms with Crippen molar-refractivity contribution in [2.24, 2.45) is 0 Å². The average Bonchev–Trinajstić information content (AvgIpc) is 3.10. The summed E-state index contributed by atoms with van der Waals surface area (Å²) in [5.74, 6) is 0.501. The maximum absolute atomic E-state index is 13.0. The van der Waals surface area contributed by atoms with Crippen molar-refractivity contribution in [2.75, 3.05) is 33.8 Å². The van der Waals surface area contributed by atoms with Crippen LogP contribution in [0.5, 0.6) is 5.75 Å². The zero-order valence-electron chi connectivity index (χ0n) is 16.7. The number of likely N-dealkylation sites (N-methyl/N-ethyl adjacent to an activating group) is 1. The summed E-state index contributed by atoms with van der Waals surface area (Å²) in [5.41, 5.74) is 0.481. The van der Waals surface area contributed by atoms with E-state index in [9.17, 15) is 14.7 Å². The van der Waals surface area contributed by atoms with Gasteiger partial charge in [0.15, 0.2) is 0 Å². The van der Waals surface area contributed by atoms with Gasteiger partial charge in [0.05, 0.1) is 19.3 Å². The van der Waals surface area contributed by atoms with Crippen molar-refractivity contribution in [3.63, 3.8) is 0 Å². The number of amides is 2. The van der Waals surface area contributed by atoms with Crippen LogP contribution in [0.1, 0.15) is 12.0 Å². The van der Waals surface area contributed by atoms with Crippen LogP contribution >= 0.6 is 0 Å². The number of rotatable bonds is 3. The van der Waals surface area contributed by atoms with Gasteiger partial charge in [0.2, 0.25) is 5.91 Å². The number of carbonyl (C=O) groups is 2. The number of hydrogen-bond acceptors (Lipinski definition) is 6. The number of nitrogens with zero attached hydrogens (tertiary/aromatic N) is 3. The molecule has 3 fully saturated rings. The van der Waals surface area contributed by atoms with Gasteiger partial charge in [0.1, 0.15) is 11.3 Å². The third kappa shape index (κ3) is 2.61. The topological polar surface area (TPSA) is 73.3 Å². The first kappa shape index (κ1) is 18.5. The Balaban J connectivity index is 1.40. The molecule has 0 radical (unpaired) electrons. The van der Waals surface area contributed by atoms with E-state index in [-0.39, 0.29) is 11.8 Å². The third-order valence-corrected chi connectivity index (χ3v) is 6.71. The van der Waals surface area contributed by atoms with Gasteiger partial charge in [-0.25, -0.2) is 0 Å². The molecule has 1 spiro atoms. The molecule has 152 valence electrons. The second kappa shape index (κ2) is 6.52. The summed E-state index contributed by atoms with van der Waals surface area (Å²) in [6.45, 7) is 2.23. The van der Waals surface area contributed by atoms with E-state index in [2.05, 4.69) is 23.1 Å². The number of likely N-dealkylation sites (tertiary alicyclic amines) is 1. The fourth-order valence-electron chi connectivity index (χ4n) is 5.29. The van der Waals surface area contributed by atoms with Crippen LogP contribution in [0.3, 0.4) is 0 Å². The molecule has 5 rings (SSSR count). The Bertz CT molecular complexity index is 1000. The summed E-state index contributed by atoms with van der Waals surface area (Å²) >= 11 is 0. The van der Waals surface area contributed by atoms with Gasteiger partial charge in [-0.05, 0) is 23.4 Å². The number of fused-ring (bicyclic) bond motifs is 3. The molecule has 2 aromatic rings. The van der Waals surface area contributed by atoms with Crippen LogP contribution in [0.4, 0.5) is 0 Å². The Morgan fingerprint density at radius 2 is 1.86 bits per heavy atom. The summed E-state index contributed by atoms with van der Waals surface area (Å²) in [5, 5.41) is 12.3. The minimum absolute atomic E-state index is 0.149. The van der Waals surface area contributed by atoms with Gasteiger partial charge >= 0.3 is 0 Å². The highest BCUT2D eigenvalue weighted by Crippen LogP contribution is 2.41. The molecule has 2 atom stereocenters. The fourth-order valence-corrected chi connectivity index (χ4v) is 5.29. The minimum Gasteiger partial charge on any atom is -0.496 e. The van der Waals surface area contributed by atoms with Crippen molar-refractivity contribution >= 4 is 22.6 Å². The molecular weight excluding hydrogens is 370 g/mol. The maximum Gasteiger partial charge on any atom is 0.252 e. The summed E-state index contributed by atoms with van der Waals surface area (Å²) in [6.07, 6.45) is -0.152. The predicted octanol–water partition coefficient (Wildman–Crippen LogP) is 0.837. The molecule has 0 aromatic heterocycles. The monoisotopic (exact) mass is 395 g/mol. The van der Waals surface area contributed by atoms with E-state index in [0.717, 1.165) is 23.1 Å². The lowest BCUT2D eigenvalue weighted by molar-refractivity contribution is -0.178. The van der Waals surface area contributed by atoms with Gasteiger partial charge in [-0.1, -0.05) is 30.3 Å². The lowest BCUT2D eigenvalue weighted by Crippen LogP contribution is -2.80. The van der Waals surface area contributed by atoms with E-state index in [4.69, 9.17) is 4.74 Å². The summed E-state index contributed by atoms with van der Waals surface area (Å²) in [6, 6.07) is 11.8. The van der Waals surface area contributed by atoms with Crippen molar-refractivity contribution in [2.45, 2.75) is 30.7 Å². The van der Waals surface area contributed by atoms with E-state index in [1.54, 1.807) is 14.2 Å². The first-order chi connectivity index (χ1) is 13.9. The molecule has 29 heavy (non-hydrogen) atoms. The van der Waals surface area contributed by atoms with E-state index < -0.39 is 17.7 Å². The lowest BCUT2D eigenvalue weighted by Gasteiger charge is -2.58. The number of methoxy groups -OCH3 is 1. The van der Waals surface area contributed by atoms with Gasteiger partial charge < -0.3 is 9.84 Å². The second-order valence-electron chi connectivity index (χ2n) is 8.41. The summed E-state index contributed by atoms with van der Waals surface area (Å²) < 4.78 is 5.49. The smallest absolute Gasteiger partial charge is 0.252 e. The predicted molar refractivity (Wildman–Crippen MR) is 107 cm³/mol. The van der Waals surface area contributed by atoms with Crippen LogP contribution in [0.15, 0.2) is 36.4 Å². The molecule has 7 heteroatoms. The summed E-state index contributed by atoms with van der Waals surface area (Å²) in [4.78, 5) is 31.0. The van der Waals surface area contributed by atoms with Crippen molar-refractivity contribution < 1.29 is 19.4 Å². The minimum atomic E-state index is -0.701. The van der Waals surface area contributed by atoms with Crippen LogP contribution in [-0.2, 0) is 16.1 Å². The normalized spacial score (nSPS) is 26.8. The second-order valence-corrected chi connectivity index (χ2v) is 8.41. The molecule has 3 aliphatic rings. The summed E-state index contributed by atoms with van der Waals surface area (Å²) in [7, 11) is 3.24. The molecule has 2 amide bonds. The number of hydrogen-bond donors (Lipinski definition) is 1. The number of piperazine rings is 1. The number of β-amino-alcohol motifs (C(OH)–C–C–N with tert-alkyl or cyclic N) is 1. The maximum atomic E-state index is 13.0. The number of carbonyl (C=O) groups excluding carboxylic acids is 2. The van der Waals surface area contributed by atoms with Crippen molar-refractivity contribution in [3.8, 4) is 5.75 Å². The van der Waals surface area contributed by atoms with Crippen LogP contribution < -0.4 is 4.74 Å². The Labute approximate surface area is 169 Å². The molecular formula is C22H25N3O4. The molecule has 3 aliphatic heterocycles. The highest BCUT2D eigenvalue weighted by atomic mass is 16.5.